The van der Waals surface area contributed by atoms with Gasteiger partial charge in [-0.2, -0.15) is 0 Å². The van der Waals surface area contributed by atoms with Gasteiger partial charge < -0.3 is 89.9 Å². The fraction of sp³-hybridized carbons (Fsp3) is 0.921. The molecule has 0 aliphatic carbocycles. The van der Waals surface area contributed by atoms with Crippen LogP contribution in [0.15, 0.2) is 24.3 Å². The van der Waals surface area contributed by atoms with Crippen molar-refractivity contribution in [2.24, 2.45) is 0 Å². The molecule has 1 amide bonds. The molecule has 0 radical (unpaired) electrons. The first-order valence-electron chi connectivity index (χ1n) is 32.6. The molecule has 19 heteroatoms. The smallest absolute Gasteiger partial charge is 0.220 e. The number of carbonyl (C=O) groups excluding carboxylic acids is 1. The van der Waals surface area contributed by atoms with E-state index in [4.69, 9.17) is 28.4 Å². The van der Waals surface area contributed by atoms with E-state index in [0.29, 0.717) is 12.8 Å². The molecule has 0 bridgehead atoms. The molecule has 3 aliphatic heterocycles. The van der Waals surface area contributed by atoms with Crippen LogP contribution in [-0.2, 0) is 33.2 Å². The van der Waals surface area contributed by atoms with E-state index >= 15 is 0 Å². The van der Waals surface area contributed by atoms with Gasteiger partial charge >= 0.3 is 0 Å². The highest BCUT2D eigenvalue weighted by atomic mass is 16.8. The predicted molar refractivity (Wildman–Crippen MR) is 314 cm³/mol. The maximum atomic E-state index is 13.3. The third-order valence-corrected chi connectivity index (χ3v) is 16.5. The largest absolute Gasteiger partial charge is 0.394 e. The zero-order valence-electron chi connectivity index (χ0n) is 50.5. The second-order valence-electron chi connectivity index (χ2n) is 23.6. The van der Waals surface area contributed by atoms with E-state index in [2.05, 4.69) is 31.3 Å². The van der Waals surface area contributed by atoms with Gasteiger partial charge in [-0.05, 0) is 32.1 Å². The van der Waals surface area contributed by atoms with Crippen molar-refractivity contribution in [1.82, 2.24) is 5.32 Å². The lowest BCUT2D eigenvalue weighted by molar-refractivity contribution is -0.379. The van der Waals surface area contributed by atoms with Crippen molar-refractivity contribution >= 4 is 5.91 Å². The number of ether oxygens (including phenoxy) is 6. The van der Waals surface area contributed by atoms with E-state index < -0.39 is 124 Å². The fourth-order valence-electron chi connectivity index (χ4n) is 11.1. The lowest BCUT2D eigenvalue weighted by Crippen LogP contribution is -2.66. The minimum absolute atomic E-state index is 0.240. The minimum Gasteiger partial charge on any atom is -0.394 e. The molecular formula is C63H117NO18. The lowest BCUT2D eigenvalue weighted by atomic mass is 9.96. The van der Waals surface area contributed by atoms with E-state index in [9.17, 15) is 61.0 Å². The van der Waals surface area contributed by atoms with Gasteiger partial charge in [0, 0.05) is 6.42 Å². The van der Waals surface area contributed by atoms with Crippen molar-refractivity contribution in [3.8, 4) is 0 Å². The van der Waals surface area contributed by atoms with Gasteiger partial charge in [-0.15, -0.1) is 0 Å². The second kappa shape index (κ2) is 46.4. The molecule has 0 saturated carbocycles. The number of amides is 1. The lowest BCUT2D eigenvalue weighted by Gasteiger charge is -2.48. The number of hydrogen-bond acceptors (Lipinski definition) is 18. The van der Waals surface area contributed by atoms with Gasteiger partial charge in [0.25, 0.3) is 0 Å². The summed E-state index contributed by atoms with van der Waals surface area (Å²) in [4.78, 5) is 13.3. The van der Waals surface area contributed by atoms with E-state index in [1.807, 2.05) is 6.08 Å². The summed E-state index contributed by atoms with van der Waals surface area (Å²) in [7, 11) is 0. The Bertz CT molecular complexity index is 1590. The van der Waals surface area contributed by atoms with E-state index in [1.54, 1.807) is 6.08 Å². The third kappa shape index (κ3) is 29.3. The van der Waals surface area contributed by atoms with Crippen LogP contribution in [0.5, 0.6) is 0 Å². The standard InChI is InChI=1S/C63H117NO18/c1-3-5-7-9-11-13-15-16-17-18-19-20-21-22-23-24-25-26-27-28-29-30-31-33-35-37-39-41-51(69)64-46(47(68)40-38-36-34-32-14-12-10-8-6-4-2)45-77-61-57(75)54(72)59(49(43-66)79-61)82-63-58(76)55(73)60(50(44-67)80-63)81-62-56(74)53(71)52(70)48(42-65)78-62/h14,32,38,40,46-50,52-63,65-68,70-76H,3-13,15-31,33-37,39,41-45H2,1-2H3,(H,64,69)/b32-14+,40-38+. The monoisotopic (exact) mass is 1180 g/mol. The number of hydrogen-bond donors (Lipinski definition) is 12. The highest BCUT2D eigenvalue weighted by Gasteiger charge is 2.53. The Hall–Kier alpha value is -1.73. The van der Waals surface area contributed by atoms with Crippen LogP contribution in [-0.4, -0.2) is 193 Å². The SMILES string of the molecule is CCCCCC/C=C/CC/C=C/C(O)C(COC1OC(CO)C(OC2OC(CO)C(OC3OC(CO)C(O)C(O)C3O)C(O)C2O)C(O)C1O)NC(=O)CCCCCCCCCCCCCCCCCCCCCCCCCCCCC. The summed E-state index contributed by atoms with van der Waals surface area (Å²) in [6.07, 6.45) is 23.4. The number of rotatable bonds is 49. The number of aliphatic hydroxyl groups excluding tert-OH is 11. The molecule has 17 unspecified atom stereocenters. The second-order valence-corrected chi connectivity index (χ2v) is 23.6. The van der Waals surface area contributed by atoms with Crippen molar-refractivity contribution in [3.05, 3.63) is 24.3 Å². The van der Waals surface area contributed by atoms with Crippen LogP contribution in [0.2, 0.25) is 0 Å². The van der Waals surface area contributed by atoms with Gasteiger partial charge in [0.1, 0.15) is 73.2 Å². The molecule has 0 spiro atoms. The summed E-state index contributed by atoms with van der Waals surface area (Å²) in [6, 6.07) is -0.984. The molecule has 0 aromatic rings. The average Bonchev–Trinajstić information content (AvgIpc) is 3.65. The normalized spacial score (nSPS) is 29.7. The molecule has 3 saturated heterocycles. The van der Waals surface area contributed by atoms with Gasteiger partial charge in [-0.3, -0.25) is 4.79 Å². The Morgan fingerprint density at radius 3 is 1.22 bits per heavy atom. The maximum Gasteiger partial charge on any atom is 0.220 e. The van der Waals surface area contributed by atoms with Crippen LogP contribution in [0.1, 0.15) is 239 Å². The molecule has 19 nitrogen and oxygen atoms in total. The molecule has 3 rings (SSSR count). The molecular weight excluding hydrogens is 1060 g/mol. The first-order valence-corrected chi connectivity index (χ1v) is 32.6. The Kier molecular flexibility index (Phi) is 42.2. The molecule has 3 heterocycles. The average molecular weight is 1180 g/mol. The van der Waals surface area contributed by atoms with Gasteiger partial charge in [0.2, 0.25) is 5.91 Å². The zero-order valence-corrected chi connectivity index (χ0v) is 50.5. The highest BCUT2D eigenvalue weighted by molar-refractivity contribution is 5.76. The van der Waals surface area contributed by atoms with Gasteiger partial charge in [0.05, 0.1) is 38.6 Å². The van der Waals surface area contributed by atoms with Crippen molar-refractivity contribution in [3.63, 3.8) is 0 Å². The van der Waals surface area contributed by atoms with Crippen LogP contribution in [0.4, 0.5) is 0 Å². The van der Waals surface area contributed by atoms with Crippen LogP contribution in [0.25, 0.3) is 0 Å². The molecule has 12 N–H and O–H groups in total. The van der Waals surface area contributed by atoms with Crippen LogP contribution in [0.3, 0.4) is 0 Å². The maximum absolute atomic E-state index is 13.3. The molecule has 82 heavy (non-hydrogen) atoms. The summed E-state index contributed by atoms with van der Waals surface area (Å²) in [5.41, 5.74) is 0. The van der Waals surface area contributed by atoms with Crippen LogP contribution >= 0.6 is 0 Å². The van der Waals surface area contributed by atoms with Gasteiger partial charge in [0.15, 0.2) is 18.9 Å². The summed E-state index contributed by atoms with van der Waals surface area (Å²) < 4.78 is 34.2. The number of aliphatic hydroxyl groups is 11. The summed E-state index contributed by atoms with van der Waals surface area (Å²) in [6.45, 7) is 1.68. The van der Waals surface area contributed by atoms with E-state index in [0.717, 1.165) is 38.5 Å². The van der Waals surface area contributed by atoms with Crippen molar-refractivity contribution in [1.29, 1.82) is 0 Å². The quantitative estimate of drug-likeness (QED) is 0.0213. The fourth-order valence-corrected chi connectivity index (χ4v) is 11.1. The topological polar surface area (TPSA) is 307 Å². The Balaban J connectivity index is 1.39. The van der Waals surface area contributed by atoms with E-state index in [1.165, 1.54) is 167 Å². The Morgan fingerprint density at radius 2 is 0.780 bits per heavy atom. The molecule has 482 valence electrons. The van der Waals surface area contributed by atoms with E-state index in [-0.39, 0.29) is 18.9 Å². The van der Waals surface area contributed by atoms with Gasteiger partial charge in [-0.1, -0.05) is 224 Å². The van der Waals surface area contributed by atoms with Crippen LogP contribution < -0.4 is 5.32 Å². The van der Waals surface area contributed by atoms with Crippen LogP contribution in [0, 0.1) is 0 Å². The summed E-state index contributed by atoms with van der Waals surface area (Å²) in [5.74, 6) is -0.284. The predicted octanol–water partition coefficient (Wildman–Crippen LogP) is 7.10. The molecule has 0 aromatic carbocycles. The molecule has 3 aliphatic rings. The number of allylic oxidation sites excluding steroid dienone is 3. The first-order chi connectivity index (χ1) is 39.8. The summed E-state index contributed by atoms with van der Waals surface area (Å²) >= 11 is 0. The number of carbonyl (C=O) groups is 1. The number of unbranched alkanes of at least 4 members (excludes halogenated alkanes) is 31. The third-order valence-electron chi connectivity index (χ3n) is 16.5. The first kappa shape index (κ1) is 74.5. The zero-order chi connectivity index (χ0) is 59.7. The van der Waals surface area contributed by atoms with Crippen molar-refractivity contribution in [2.75, 3.05) is 26.4 Å². The van der Waals surface area contributed by atoms with Crippen molar-refractivity contribution in [2.45, 2.75) is 343 Å². The molecule has 17 atom stereocenters. The van der Waals surface area contributed by atoms with Gasteiger partial charge in [-0.25, -0.2) is 0 Å². The Labute approximate surface area is 492 Å². The Morgan fingerprint density at radius 1 is 0.427 bits per heavy atom. The van der Waals surface area contributed by atoms with Crippen molar-refractivity contribution < 1.29 is 89.4 Å². The number of nitrogens with one attached hydrogen (secondary N) is 1. The molecule has 0 aromatic heterocycles. The highest BCUT2D eigenvalue weighted by Crippen LogP contribution is 2.33. The minimum atomic E-state index is -1.98. The summed E-state index contributed by atoms with van der Waals surface area (Å²) in [5, 5.41) is 120. The molecule has 3 fully saturated rings.